The van der Waals surface area contributed by atoms with Gasteiger partial charge in [0.2, 0.25) is 0 Å². The standard InChI is InChI=1S/C24H25ClN2O5S/c25-17-9-10-18-16(13-17)14-20(26-18)24(30)27-19(12-15-6-2-1-3-7-15)22(28)23(29)21-8-4-5-11-33(21,31)32/h1-3,6-7,9-10,13-14,19,21-22,26,28H,4-5,8,11-12H2,(H,27,30)/t19-,21?,22+/m0/s1. The number of H-pyrrole nitrogens is 1. The maximum atomic E-state index is 13.0. The number of aromatic nitrogens is 1. The summed E-state index contributed by atoms with van der Waals surface area (Å²) in [5.74, 6) is -1.34. The number of aliphatic hydroxyl groups excluding tert-OH is 1. The Bertz CT molecular complexity index is 1270. The summed E-state index contributed by atoms with van der Waals surface area (Å²) in [5.41, 5.74) is 1.76. The molecule has 1 aliphatic rings. The fourth-order valence-electron chi connectivity index (χ4n) is 4.24. The molecule has 1 amide bonds. The molecule has 33 heavy (non-hydrogen) atoms. The molecule has 1 aromatic heterocycles. The number of carbonyl (C=O) groups is 2. The van der Waals surface area contributed by atoms with Crippen molar-refractivity contribution in [1.29, 1.82) is 0 Å². The number of rotatable bonds is 7. The van der Waals surface area contributed by atoms with Gasteiger partial charge in [0.15, 0.2) is 15.6 Å². The van der Waals surface area contributed by atoms with Crippen molar-refractivity contribution in [2.75, 3.05) is 5.75 Å². The van der Waals surface area contributed by atoms with Gasteiger partial charge in [-0.2, -0.15) is 0 Å². The van der Waals surface area contributed by atoms with Crippen LogP contribution in [-0.4, -0.2) is 53.3 Å². The highest BCUT2D eigenvalue weighted by molar-refractivity contribution is 7.92. The summed E-state index contributed by atoms with van der Waals surface area (Å²) in [6, 6.07) is 14.9. The average Bonchev–Trinajstić information content (AvgIpc) is 3.21. The van der Waals surface area contributed by atoms with Crippen LogP contribution in [0.2, 0.25) is 5.02 Å². The van der Waals surface area contributed by atoms with E-state index in [0.717, 1.165) is 10.9 Å². The summed E-state index contributed by atoms with van der Waals surface area (Å²) in [6.45, 7) is 0. The van der Waals surface area contributed by atoms with E-state index in [-0.39, 0.29) is 24.3 Å². The van der Waals surface area contributed by atoms with Crippen molar-refractivity contribution in [2.45, 2.75) is 43.1 Å². The molecule has 9 heteroatoms. The Morgan fingerprint density at radius 1 is 1.12 bits per heavy atom. The van der Waals surface area contributed by atoms with Crippen molar-refractivity contribution in [3.63, 3.8) is 0 Å². The number of benzene rings is 2. The van der Waals surface area contributed by atoms with Gasteiger partial charge in [0.05, 0.1) is 11.8 Å². The SMILES string of the molecule is O=C(N[C@@H](Cc1ccccc1)[C@@H](O)C(=O)C1CCCCS1(=O)=O)c1cc2cc(Cl)ccc2[nH]1. The molecule has 3 N–H and O–H groups in total. The second-order valence-corrected chi connectivity index (χ2v) is 11.1. The molecule has 174 valence electrons. The van der Waals surface area contributed by atoms with Crippen LogP contribution in [-0.2, 0) is 21.1 Å². The molecule has 7 nitrogen and oxygen atoms in total. The van der Waals surface area contributed by atoms with Gasteiger partial charge in [0, 0.05) is 15.9 Å². The van der Waals surface area contributed by atoms with Crippen molar-refractivity contribution in [3.8, 4) is 0 Å². The summed E-state index contributed by atoms with van der Waals surface area (Å²) < 4.78 is 24.9. The summed E-state index contributed by atoms with van der Waals surface area (Å²) in [5, 5.41) is 13.7. The van der Waals surface area contributed by atoms with E-state index >= 15 is 0 Å². The number of carbonyl (C=O) groups excluding carboxylic acids is 2. The van der Waals surface area contributed by atoms with Gasteiger partial charge in [0.1, 0.15) is 17.0 Å². The molecule has 2 heterocycles. The number of halogens is 1. The lowest BCUT2D eigenvalue weighted by molar-refractivity contribution is -0.128. The molecular formula is C24H25ClN2O5S. The predicted molar refractivity (Wildman–Crippen MR) is 127 cm³/mol. The van der Waals surface area contributed by atoms with Gasteiger partial charge in [-0.25, -0.2) is 8.42 Å². The molecule has 0 saturated carbocycles. The molecule has 0 aliphatic carbocycles. The zero-order chi connectivity index (χ0) is 23.6. The quantitative estimate of drug-likeness (QED) is 0.472. The highest BCUT2D eigenvalue weighted by Gasteiger charge is 2.40. The number of sulfone groups is 1. The third-order valence-corrected chi connectivity index (χ3v) is 8.44. The Kier molecular flexibility index (Phi) is 6.88. The van der Waals surface area contributed by atoms with Crippen LogP contribution in [0.4, 0.5) is 0 Å². The minimum atomic E-state index is -3.62. The van der Waals surface area contributed by atoms with Gasteiger partial charge in [-0.3, -0.25) is 9.59 Å². The molecule has 1 saturated heterocycles. The summed E-state index contributed by atoms with van der Waals surface area (Å²) >= 11 is 6.02. The molecule has 0 spiro atoms. The van der Waals surface area contributed by atoms with Gasteiger partial charge in [-0.05, 0) is 49.1 Å². The largest absolute Gasteiger partial charge is 0.383 e. The molecule has 4 rings (SSSR count). The minimum Gasteiger partial charge on any atom is -0.383 e. The van der Waals surface area contributed by atoms with Crippen molar-refractivity contribution in [1.82, 2.24) is 10.3 Å². The van der Waals surface area contributed by atoms with E-state index in [1.54, 1.807) is 24.3 Å². The topological polar surface area (TPSA) is 116 Å². The number of ketones is 1. The van der Waals surface area contributed by atoms with Crippen LogP contribution >= 0.6 is 11.6 Å². The van der Waals surface area contributed by atoms with Gasteiger partial charge in [-0.1, -0.05) is 48.4 Å². The first-order chi connectivity index (χ1) is 15.7. The highest BCUT2D eigenvalue weighted by atomic mass is 35.5. The summed E-state index contributed by atoms with van der Waals surface area (Å²) in [6.07, 6.45) is -0.191. The third-order valence-electron chi connectivity index (χ3n) is 6.01. The number of aromatic amines is 1. The fourth-order valence-corrected chi connectivity index (χ4v) is 6.34. The second-order valence-electron chi connectivity index (χ2n) is 8.38. The summed E-state index contributed by atoms with van der Waals surface area (Å²) in [7, 11) is -3.62. The first kappa shape index (κ1) is 23.5. The third kappa shape index (κ3) is 5.29. The van der Waals surface area contributed by atoms with Gasteiger partial charge >= 0.3 is 0 Å². The zero-order valence-electron chi connectivity index (χ0n) is 17.8. The van der Waals surface area contributed by atoms with Crippen LogP contribution in [0.5, 0.6) is 0 Å². The molecule has 1 unspecified atom stereocenters. The van der Waals surface area contributed by atoms with Crippen LogP contribution in [0.3, 0.4) is 0 Å². The Hall–Kier alpha value is -2.68. The molecule has 1 fully saturated rings. The molecule has 3 aromatic rings. The van der Waals surface area contributed by atoms with E-state index in [9.17, 15) is 23.1 Å². The zero-order valence-corrected chi connectivity index (χ0v) is 19.4. The number of fused-ring (bicyclic) bond motifs is 1. The Morgan fingerprint density at radius 2 is 1.88 bits per heavy atom. The average molecular weight is 489 g/mol. The van der Waals surface area contributed by atoms with Crippen LogP contribution in [0, 0.1) is 0 Å². The van der Waals surface area contributed by atoms with Crippen LogP contribution in [0.25, 0.3) is 10.9 Å². The number of nitrogens with one attached hydrogen (secondary N) is 2. The minimum absolute atomic E-state index is 0.0660. The number of amides is 1. The normalized spacial score (nSPS) is 19.6. The lowest BCUT2D eigenvalue weighted by Gasteiger charge is -2.28. The van der Waals surface area contributed by atoms with Crippen molar-refractivity contribution in [2.24, 2.45) is 0 Å². The van der Waals surface area contributed by atoms with Crippen molar-refractivity contribution >= 4 is 44.0 Å². The molecule has 2 aromatic carbocycles. The van der Waals surface area contributed by atoms with E-state index < -0.39 is 38.9 Å². The maximum absolute atomic E-state index is 13.0. The van der Waals surface area contributed by atoms with Crippen LogP contribution in [0.1, 0.15) is 35.3 Å². The molecule has 0 bridgehead atoms. The lowest BCUT2D eigenvalue weighted by atomic mass is 9.95. The number of hydrogen-bond donors (Lipinski definition) is 3. The number of Topliss-reactive ketones (excluding diaryl/α,β-unsaturated/α-hetero) is 1. The van der Waals surface area contributed by atoms with Crippen molar-refractivity contribution in [3.05, 3.63) is 70.9 Å². The maximum Gasteiger partial charge on any atom is 0.268 e. The monoisotopic (exact) mass is 488 g/mol. The molecule has 0 radical (unpaired) electrons. The molecular weight excluding hydrogens is 464 g/mol. The first-order valence-corrected chi connectivity index (χ1v) is 12.9. The van der Waals surface area contributed by atoms with E-state index in [1.807, 2.05) is 30.3 Å². The van der Waals surface area contributed by atoms with Crippen LogP contribution in [0.15, 0.2) is 54.6 Å². The fraction of sp³-hybridized carbons (Fsp3) is 0.333. The predicted octanol–water partition coefficient (Wildman–Crippen LogP) is 3.06. The first-order valence-electron chi connectivity index (χ1n) is 10.8. The second kappa shape index (κ2) is 9.67. The smallest absolute Gasteiger partial charge is 0.268 e. The molecule has 1 aliphatic heterocycles. The van der Waals surface area contributed by atoms with Crippen LogP contribution < -0.4 is 5.32 Å². The summed E-state index contributed by atoms with van der Waals surface area (Å²) in [4.78, 5) is 29.1. The lowest BCUT2D eigenvalue weighted by Crippen LogP contribution is -2.52. The van der Waals surface area contributed by atoms with Gasteiger partial charge in [-0.15, -0.1) is 0 Å². The van der Waals surface area contributed by atoms with E-state index in [2.05, 4.69) is 10.3 Å². The van der Waals surface area contributed by atoms with E-state index in [4.69, 9.17) is 11.6 Å². The van der Waals surface area contributed by atoms with E-state index in [1.165, 1.54) is 0 Å². The Labute approximate surface area is 197 Å². The molecule has 3 atom stereocenters. The van der Waals surface area contributed by atoms with Gasteiger partial charge < -0.3 is 15.4 Å². The van der Waals surface area contributed by atoms with Crippen molar-refractivity contribution < 1.29 is 23.1 Å². The number of hydrogen-bond acceptors (Lipinski definition) is 5. The number of aliphatic hydroxyl groups is 1. The van der Waals surface area contributed by atoms with E-state index in [0.29, 0.717) is 23.4 Å². The highest BCUT2D eigenvalue weighted by Crippen LogP contribution is 2.23. The Balaban J connectivity index is 1.59. The Morgan fingerprint density at radius 3 is 2.61 bits per heavy atom. The van der Waals surface area contributed by atoms with Gasteiger partial charge in [0.25, 0.3) is 5.91 Å².